The molecular weight excluding hydrogens is 410 g/mol. The maximum absolute atomic E-state index is 13.5. The Labute approximate surface area is 160 Å². The lowest BCUT2D eigenvalue weighted by molar-refractivity contribution is 0.589. The Morgan fingerprint density at radius 2 is 1.50 bits per heavy atom. The van der Waals surface area contributed by atoms with E-state index in [1.54, 1.807) is 30.5 Å². The van der Waals surface area contributed by atoms with Crippen molar-refractivity contribution in [2.24, 2.45) is 0 Å². The lowest BCUT2D eigenvalue weighted by Crippen LogP contribution is -2.15. The molecule has 0 fully saturated rings. The minimum absolute atomic E-state index is 0.320. The molecule has 1 atom stereocenters. The van der Waals surface area contributed by atoms with Crippen molar-refractivity contribution >= 4 is 36.7 Å². The standard InChI is InChI=1S/C21H16BrNO2S/c22-16-11-12-18-19(14-23-20(18)13-16)21(15-7-3-1-4-8-15)26(24,25)17-9-5-2-6-10-17/h1-14,21,23H. The van der Waals surface area contributed by atoms with E-state index in [1.807, 2.05) is 54.6 Å². The van der Waals surface area contributed by atoms with Crippen LogP contribution in [-0.2, 0) is 9.84 Å². The molecule has 0 saturated heterocycles. The van der Waals surface area contributed by atoms with Crippen LogP contribution in [0.15, 0.2) is 94.4 Å². The average Bonchev–Trinajstić information content (AvgIpc) is 3.06. The van der Waals surface area contributed by atoms with Crippen LogP contribution in [0.1, 0.15) is 16.4 Å². The van der Waals surface area contributed by atoms with Gasteiger partial charge in [-0.15, -0.1) is 0 Å². The first kappa shape index (κ1) is 17.1. The summed E-state index contributed by atoms with van der Waals surface area (Å²) in [5.74, 6) is 0. The van der Waals surface area contributed by atoms with E-state index in [9.17, 15) is 8.42 Å². The number of H-pyrrole nitrogens is 1. The summed E-state index contributed by atoms with van der Waals surface area (Å²) in [6.07, 6.45) is 1.80. The number of fused-ring (bicyclic) bond motifs is 1. The summed E-state index contributed by atoms with van der Waals surface area (Å²) in [6, 6.07) is 23.8. The lowest BCUT2D eigenvalue weighted by atomic mass is 10.0. The zero-order valence-electron chi connectivity index (χ0n) is 13.8. The number of aromatic nitrogens is 1. The number of rotatable bonds is 4. The Balaban J connectivity index is 1.98. The molecule has 3 aromatic carbocycles. The number of nitrogens with one attached hydrogen (secondary N) is 1. The van der Waals surface area contributed by atoms with Crippen LogP contribution in [0.2, 0.25) is 0 Å². The predicted octanol–water partition coefficient (Wildman–Crippen LogP) is 5.49. The molecule has 1 aromatic heterocycles. The molecule has 26 heavy (non-hydrogen) atoms. The largest absolute Gasteiger partial charge is 0.361 e. The van der Waals surface area contributed by atoms with Crippen LogP contribution in [0.5, 0.6) is 0 Å². The van der Waals surface area contributed by atoms with Gasteiger partial charge in [-0.2, -0.15) is 0 Å². The van der Waals surface area contributed by atoms with Gasteiger partial charge in [0.05, 0.1) is 4.90 Å². The molecule has 4 aromatic rings. The Kier molecular flexibility index (Phi) is 4.42. The minimum Gasteiger partial charge on any atom is -0.361 e. The third kappa shape index (κ3) is 2.97. The highest BCUT2D eigenvalue weighted by Crippen LogP contribution is 2.38. The first-order chi connectivity index (χ1) is 12.6. The fourth-order valence-corrected chi connectivity index (χ4v) is 5.45. The second-order valence-corrected chi connectivity index (χ2v) is 9.03. The molecule has 0 aliphatic rings. The van der Waals surface area contributed by atoms with E-state index < -0.39 is 15.1 Å². The van der Waals surface area contributed by atoms with Gasteiger partial charge in [0.15, 0.2) is 9.84 Å². The van der Waals surface area contributed by atoms with Gasteiger partial charge in [0.25, 0.3) is 0 Å². The normalized spacial score (nSPS) is 13.0. The fraction of sp³-hybridized carbons (Fsp3) is 0.0476. The third-order valence-electron chi connectivity index (χ3n) is 4.44. The van der Waals surface area contributed by atoms with Crippen molar-refractivity contribution in [3.05, 3.63) is 101 Å². The SMILES string of the molecule is O=S(=O)(c1ccccc1)C(c1ccccc1)c1c[nH]c2cc(Br)ccc12. The predicted molar refractivity (Wildman–Crippen MR) is 108 cm³/mol. The van der Waals surface area contributed by atoms with Gasteiger partial charge in [-0.3, -0.25) is 0 Å². The highest BCUT2D eigenvalue weighted by Gasteiger charge is 2.32. The molecule has 4 rings (SSSR count). The molecule has 3 nitrogen and oxygen atoms in total. The fourth-order valence-electron chi connectivity index (χ4n) is 3.24. The van der Waals surface area contributed by atoms with Crippen molar-refractivity contribution in [2.75, 3.05) is 0 Å². The number of benzene rings is 3. The second-order valence-electron chi connectivity index (χ2n) is 6.08. The molecule has 1 heterocycles. The minimum atomic E-state index is -3.61. The van der Waals surface area contributed by atoms with Crippen LogP contribution >= 0.6 is 15.9 Å². The summed E-state index contributed by atoms with van der Waals surface area (Å²) < 4.78 is 28.0. The van der Waals surface area contributed by atoms with Gasteiger partial charge >= 0.3 is 0 Å². The molecule has 0 bridgehead atoms. The Bertz CT molecular complexity index is 1150. The maximum atomic E-state index is 13.5. The van der Waals surface area contributed by atoms with Crippen molar-refractivity contribution in [2.45, 2.75) is 10.1 Å². The van der Waals surface area contributed by atoms with Crippen LogP contribution in [0, 0.1) is 0 Å². The highest BCUT2D eigenvalue weighted by atomic mass is 79.9. The molecule has 1 unspecified atom stereocenters. The molecule has 1 N–H and O–H groups in total. The molecule has 5 heteroatoms. The summed E-state index contributed by atoms with van der Waals surface area (Å²) in [7, 11) is -3.61. The molecule has 0 saturated carbocycles. The van der Waals surface area contributed by atoms with Crippen LogP contribution in [0.4, 0.5) is 0 Å². The quantitative estimate of drug-likeness (QED) is 0.469. The van der Waals surface area contributed by atoms with Gasteiger partial charge in [-0.05, 0) is 29.8 Å². The smallest absolute Gasteiger partial charge is 0.189 e. The summed E-state index contributed by atoms with van der Waals surface area (Å²) in [6.45, 7) is 0. The van der Waals surface area contributed by atoms with Gasteiger partial charge in [0, 0.05) is 27.1 Å². The van der Waals surface area contributed by atoms with Crippen LogP contribution < -0.4 is 0 Å². The highest BCUT2D eigenvalue weighted by molar-refractivity contribution is 9.10. The molecule has 0 amide bonds. The monoisotopic (exact) mass is 425 g/mol. The summed E-state index contributed by atoms with van der Waals surface area (Å²) in [5, 5.41) is 0.127. The topological polar surface area (TPSA) is 49.9 Å². The number of halogens is 1. The maximum Gasteiger partial charge on any atom is 0.189 e. The van der Waals surface area contributed by atoms with E-state index in [0.29, 0.717) is 4.90 Å². The van der Waals surface area contributed by atoms with E-state index in [0.717, 1.165) is 26.5 Å². The van der Waals surface area contributed by atoms with Gasteiger partial charge in [0.2, 0.25) is 0 Å². The molecule has 130 valence electrons. The van der Waals surface area contributed by atoms with Crippen molar-refractivity contribution in [3.63, 3.8) is 0 Å². The summed E-state index contributed by atoms with van der Waals surface area (Å²) in [4.78, 5) is 3.53. The first-order valence-electron chi connectivity index (χ1n) is 8.18. The Morgan fingerprint density at radius 1 is 0.846 bits per heavy atom. The van der Waals surface area contributed by atoms with E-state index in [4.69, 9.17) is 0 Å². The van der Waals surface area contributed by atoms with Gasteiger partial charge in [0.1, 0.15) is 5.25 Å². The van der Waals surface area contributed by atoms with E-state index in [2.05, 4.69) is 20.9 Å². The van der Waals surface area contributed by atoms with Gasteiger partial charge in [-0.1, -0.05) is 70.5 Å². The number of sulfone groups is 1. The zero-order valence-corrected chi connectivity index (χ0v) is 16.2. The molecule has 0 spiro atoms. The molecule has 0 radical (unpaired) electrons. The summed E-state index contributed by atoms with van der Waals surface area (Å²) >= 11 is 3.46. The number of hydrogen-bond donors (Lipinski definition) is 1. The van der Waals surface area contributed by atoms with Crippen molar-refractivity contribution < 1.29 is 8.42 Å². The first-order valence-corrected chi connectivity index (χ1v) is 10.5. The number of hydrogen-bond acceptors (Lipinski definition) is 2. The molecule has 0 aliphatic heterocycles. The summed E-state index contributed by atoms with van der Waals surface area (Å²) in [5.41, 5.74) is 2.40. The lowest BCUT2D eigenvalue weighted by Gasteiger charge is -2.18. The van der Waals surface area contributed by atoms with Gasteiger partial charge < -0.3 is 4.98 Å². The molecule has 0 aliphatic carbocycles. The zero-order chi connectivity index (χ0) is 18.1. The van der Waals surface area contributed by atoms with Crippen molar-refractivity contribution in [1.82, 2.24) is 4.98 Å². The van der Waals surface area contributed by atoms with Crippen molar-refractivity contribution in [3.8, 4) is 0 Å². The van der Waals surface area contributed by atoms with Crippen molar-refractivity contribution in [1.29, 1.82) is 0 Å². The van der Waals surface area contributed by atoms with Gasteiger partial charge in [-0.25, -0.2) is 8.42 Å². The van der Waals surface area contributed by atoms with Crippen LogP contribution in [0.25, 0.3) is 10.9 Å². The van der Waals surface area contributed by atoms with E-state index in [1.165, 1.54) is 0 Å². The van der Waals surface area contributed by atoms with E-state index in [-0.39, 0.29) is 0 Å². The average molecular weight is 426 g/mol. The molecular formula is C21H16BrNO2S. The van der Waals surface area contributed by atoms with Crippen LogP contribution in [-0.4, -0.2) is 13.4 Å². The third-order valence-corrected chi connectivity index (χ3v) is 7.01. The Hall–Kier alpha value is -2.37. The number of aromatic amines is 1. The second kappa shape index (κ2) is 6.74. The Morgan fingerprint density at radius 3 is 2.19 bits per heavy atom. The van der Waals surface area contributed by atoms with E-state index >= 15 is 0 Å². The van der Waals surface area contributed by atoms with Crippen LogP contribution in [0.3, 0.4) is 0 Å².